The van der Waals surface area contributed by atoms with Crippen molar-refractivity contribution < 1.29 is 8.42 Å². The fraction of sp³-hybridized carbons (Fsp3) is 0.286. The number of thiophene rings is 1. The molecule has 0 spiro atoms. The van der Waals surface area contributed by atoms with Crippen LogP contribution in [-0.2, 0) is 16.4 Å². The summed E-state index contributed by atoms with van der Waals surface area (Å²) in [5.74, 6) is 0. The fourth-order valence-corrected chi connectivity index (χ4v) is 3.90. The summed E-state index contributed by atoms with van der Waals surface area (Å²) in [5, 5.41) is 4.03. The van der Waals surface area contributed by atoms with Gasteiger partial charge >= 0.3 is 0 Å². The maximum Gasteiger partial charge on any atom is 0.240 e. The van der Waals surface area contributed by atoms with E-state index < -0.39 is 10.0 Å². The van der Waals surface area contributed by atoms with Crippen molar-refractivity contribution >= 4 is 21.4 Å². The molecule has 0 unspecified atom stereocenters. The van der Waals surface area contributed by atoms with Crippen molar-refractivity contribution in [2.75, 3.05) is 6.54 Å². The van der Waals surface area contributed by atoms with Crippen LogP contribution >= 0.6 is 11.3 Å². The summed E-state index contributed by atoms with van der Waals surface area (Å²) in [6.07, 6.45) is 0.716. The van der Waals surface area contributed by atoms with Crippen molar-refractivity contribution in [1.29, 1.82) is 0 Å². The van der Waals surface area contributed by atoms with E-state index in [1.807, 2.05) is 42.8 Å². The number of hydrogen-bond acceptors (Lipinski definition) is 3. The summed E-state index contributed by atoms with van der Waals surface area (Å²) in [4.78, 5) is 0.373. The molecule has 0 saturated carbocycles. The molecular weight excluding hydrogens is 278 g/mol. The predicted octanol–water partition coefficient (Wildman–Crippen LogP) is 2.89. The van der Waals surface area contributed by atoms with Crippen molar-refractivity contribution in [3.8, 4) is 0 Å². The Hall–Kier alpha value is -1.17. The van der Waals surface area contributed by atoms with Gasteiger partial charge in [0.05, 0.1) is 4.90 Å². The van der Waals surface area contributed by atoms with Crippen LogP contribution < -0.4 is 4.72 Å². The van der Waals surface area contributed by atoms with Crippen LogP contribution in [0.4, 0.5) is 0 Å². The maximum absolute atomic E-state index is 12.2. The summed E-state index contributed by atoms with van der Waals surface area (Å²) in [6, 6.07) is 7.47. The maximum atomic E-state index is 12.2. The SMILES string of the molecule is Cc1ccc(C)c(S(=O)(=O)NCCc2ccsc2)c1. The lowest BCUT2D eigenvalue weighted by atomic mass is 10.2. The molecule has 2 rings (SSSR count). The molecule has 0 atom stereocenters. The lowest BCUT2D eigenvalue weighted by molar-refractivity contribution is 0.581. The van der Waals surface area contributed by atoms with E-state index in [1.54, 1.807) is 17.4 Å². The van der Waals surface area contributed by atoms with E-state index in [1.165, 1.54) is 0 Å². The second-order valence-corrected chi connectivity index (χ2v) is 7.06. The largest absolute Gasteiger partial charge is 0.240 e. The molecule has 0 aliphatic carbocycles. The summed E-state index contributed by atoms with van der Waals surface area (Å²) in [5.41, 5.74) is 2.88. The Morgan fingerprint density at radius 1 is 1.21 bits per heavy atom. The van der Waals surface area contributed by atoms with E-state index in [0.717, 1.165) is 16.7 Å². The van der Waals surface area contributed by atoms with E-state index in [4.69, 9.17) is 0 Å². The highest BCUT2D eigenvalue weighted by molar-refractivity contribution is 7.89. The Morgan fingerprint density at radius 2 is 2.00 bits per heavy atom. The quantitative estimate of drug-likeness (QED) is 0.922. The van der Waals surface area contributed by atoms with E-state index in [-0.39, 0.29) is 0 Å². The van der Waals surface area contributed by atoms with Crippen molar-refractivity contribution in [3.63, 3.8) is 0 Å². The zero-order valence-electron chi connectivity index (χ0n) is 11.0. The summed E-state index contributed by atoms with van der Waals surface area (Å²) >= 11 is 1.62. The van der Waals surface area contributed by atoms with Crippen LogP contribution in [-0.4, -0.2) is 15.0 Å². The fourth-order valence-electron chi connectivity index (χ4n) is 1.84. The van der Waals surface area contributed by atoms with Crippen LogP contribution in [0.15, 0.2) is 39.9 Å². The molecule has 1 aromatic carbocycles. The predicted molar refractivity (Wildman–Crippen MR) is 79.1 cm³/mol. The molecule has 1 aromatic heterocycles. The number of nitrogens with one attached hydrogen (secondary N) is 1. The average molecular weight is 295 g/mol. The number of sulfonamides is 1. The smallest absolute Gasteiger partial charge is 0.211 e. The number of rotatable bonds is 5. The number of benzene rings is 1. The minimum Gasteiger partial charge on any atom is -0.211 e. The Morgan fingerprint density at radius 3 is 2.68 bits per heavy atom. The van der Waals surface area contributed by atoms with Crippen molar-refractivity contribution in [2.24, 2.45) is 0 Å². The summed E-state index contributed by atoms with van der Waals surface area (Å²) < 4.78 is 27.1. The van der Waals surface area contributed by atoms with Crippen LogP contribution in [0.5, 0.6) is 0 Å². The van der Waals surface area contributed by atoms with Gasteiger partial charge in [0, 0.05) is 6.54 Å². The van der Waals surface area contributed by atoms with Gasteiger partial charge in [-0.05, 0) is 59.9 Å². The third-order valence-electron chi connectivity index (χ3n) is 2.92. The Labute approximate surface area is 118 Å². The van der Waals surface area contributed by atoms with E-state index in [0.29, 0.717) is 17.9 Å². The van der Waals surface area contributed by atoms with Crippen LogP contribution in [0.3, 0.4) is 0 Å². The van der Waals surface area contributed by atoms with Gasteiger partial charge in [-0.3, -0.25) is 0 Å². The van der Waals surface area contributed by atoms with Crippen molar-refractivity contribution in [1.82, 2.24) is 4.72 Å². The van der Waals surface area contributed by atoms with Crippen LogP contribution in [0.2, 0.25) is 0 Å². The third-order valence-corrected chi connectivity index (χ3v) is 5.25. The van der Waals surface area contributed by atoms with E-state index in [9.17, 15) is 8.42 Å². The topological polar surface area (TPSA) is 46.2 Å². The van der Waals surface area contributed by atoms with Gasteiger partial charge in [0.1, 0.15) is 0 Å². The molecule has 0 radical (unpaired) electrons. The first-order valence-corrected chi connectivity index (χ1v) is 8.49. The highest BCUT2D eigenvalue weighted by Gasteiger charge is 2.16. The number of hydrogen-bond donors (Lipinski definition) is 1. The van der Waals surface area contributed by atoms with Crippen LogP contribution in [0.25, 0.3) is 0 Å². The molecule has 0 amide bonds. The Balaban J connectivity index is 2.07. The zero-order chi connectivity index (χ0) is 13.9. The minimum absolute atomic E-state index is 0.373. The van der Waals surface area contributed by atoms with Gasteiger partial charge in [-0.2, -0.15) is 11.3 Å². The summed E-state index contributed by atoms with van der Waals surface area (Å²) in [6.45, 7) is 4.13. The van der Waals surface area contributed by atoms with Gasteiger partial charge in [-0.15, -0.1) is 0 Å². The van der Waals surface area contributed by atoms with Crippen LogP contribution in [0, 0.1) is 13.8 Å². The molecule has 5 heteroatoms. The van der Waals surface area contributed by atoms with Gasteiger partial charge in [0.15, 0.2) is 0 Å². The van der Waals surface area contributed by atoms with E-state index >= 15 is 0 Å². The van der Waals surface area contributed by atoms with Crippen molar-refractivity contribution in [3.05, 3.63) is 51.7 Å². The van der Waals surface area contributed by atoms with Gasteiger partial charge in [-0.1, -0.05) is 12.1 Å². The first kappa shape index (κ1) is 14.2. The molecule has 2 aromatic rings. The molecule has 1 N–H and O–H groups in total. The first-order chi connectivity index (χ1) is 8.99. The first-order valence-electron chi connectivity index (χ1n) is 6.07. The molecule has 0 fully saturated rings. The molecule has 0 aliphatic rings. The van der Waals surface area contributed by atoms with Gasteiger partial charge in [0.2, 0.25) is 10.0 Å². The Kier molecular flexibility index (Phi) is 4.39. The molecule has 0 aliphatic heterocycles. The van der Waals surface area contributed by atoms with Gasteiger partial charge in [0.25, 0.3) is 0 Å². The van der Waals surface area contributed by atoms with Crippen molar-refractivity contribution in [2.45, 2.75) is 25.2 Å². The molecule has 102 valence electrons. The normalized spacial score (nSPS) is 11.7. The van der Waals surface area contributed by atoms with Gasteiger partial charge < -0.3 is 0 Å². The second-order valence-electron chi connectivity index (χ2n) is 4.55. The highest BCUT2D eigenvalue weighted by Crippen LogP contribution is 2.16. The van der Waals surface area contributed by atoms with Crippen LogP contribution in [0.1, 0.15) is 16.7 Å². The molecule has 1 heterocycles. The molecule has 0 saturated heterocycles. The summed E-state index contributed by atoms with van der Waals surface area (Å²) in [7, 11) is -3.41. The minimum atomic E-state index is -3.41. The second kappa shape index (κ2) is 5.86. The monoisotopic (exact) mass is 295 g/mol. The molecule has 19 heavy (non-hydrogen) atoms. The molecular formula is C14H17NO2S2. The molecule has 3 nitrogen and oxygen atoms in total. The highest BCUT2D eigenvalue weighted by atomic mass is 32.2. The average Bonchev–Trinajstić information content (AvgIpc) is 2.85. The lowest BCUT2D eigenvalue weighted by Gasteiger charge is -2.09. The Bertz CT molecular complexity index is 646. The van der Waals surface area contributed by atoms with Gasteiger partial charge in [-0.25, -0.2) is 13.1 Å². The number of aryl methyl sites for hydroxylation is 2. The lowest BCUT2D eigenvalue weighted by Crippen LogP contribution is -2.26. The van der Waals surface area contributed by atoms with E-state index in [2.05, 4.69) is 4.72 Å². The molecule has 0 bridgehead atoms. The standard InChI is InChI=1S/C14H17NO2S2/c1-11-3-4-12(2)14(9-11)19(16,17)15-7-5-13-6-8-18-10-13/h3-4,6,8-10,15H,5,7H2,1-2H3. The third kappa shape index (κ3) is 3.65. The zero-order valence-corrected chi connectivity index (χ0v) is 12.6.